The lowest BCUT2D eigenvalue weighted by Crippen LogP contribution is -2.38. The van der Waals surface area contributed by atoms with Crippen LogP contribution in [0, 0.1) is 22.7 Å². The minimum Gasteiger partial charge on any atom is -0.384 e. The van der Waals surface area contributed by atoms with Gasteiger partial charge in [0.1, 0.15) is 16.9 Å². The van der Waals surface area contributed by atoms with Gasteiger partial charge < -0.3 is 5.73 Å². The number of anilines is 1. The molecular weight excluding hydrogens is 418 g/mol. The van der Waals surface area contributed by atoms with Crippen LogP contribution in [0.4, 0.5) is 5.00 Å². The van der Waals surface area contributed by atoms with Gasteiger partial charge in [0, 0.05) is 35.0 Å². The molecule has 0 saturated carbocycles. The van der Waals surface area contributed by atoms with E-state index in [1.807, 2.05) is 17.0 Å². The highest BCUT2D eigenvalue weighted by Crippen LogP contribution is 2.49. The number of ketones is 1. The Labute approximate surface area is 191 Å². The molecule has 2 aromatic rings. The average Bonchev–Trinajstić information content (AvgIpc) is 2.98. The number of Topliss-reactive ketones (excluding diaryl/α,β-unsaturated/α-hetero) is 1. The number of fused-ring (bicyclic) bond motifs is 1. The zero-order valence-electron chi connectivity index (χ0n) is 17.7. The molecular formula is C25H23N5OS. The summed E-state index contributed by atoms with van der Waals surface area (Å²) in [4.78, 5) is 20.5. The van der Waals surface area contributed by atoms with Crippen molar-refractivity contribution < 1.29 is 4.79 Å². The lowest BCUT2D eigenvalue weighted by molar-refractivity contribution is -0.116. The number of hydrogen-bond acceptors (Lipinski definition) is 7. The predicted octanol–water partition coefficient (Wildman–Crippen LogP) is 4.59. The maximum absolute atomic E-state index is 13.2. The SMILES string of the molecule is N#CC1=C(N)N(c2sc3c(c2C#N)CCCCC3)C2=C(C(=O)CCC2)[C@H]1c1cccnc1. The number of aryl methyl sites for hydroxylation is 1. The van der Waals surface area contributed by atoms with Crippen molar-refractivity contribution in [1.82, 2.24) is 4.98 Å². The van der Waals surface area contributed by atoms with E-state index in [-0.39, 0.29) is 5.78 Å². The maximum Gasteiger partial charge on any atom is 0.161 e. The first-order valence-corrected chi connectivity index (χ1v) is 11.9. The number of nitrogens with two attached hydrogens (primary N) is 1. The van der Waals surface area contributed by atoms with Crippen molar-refractivity contribution in [3.63, 3.8) is 0 Å². The Morgan fingerprint density at radius 3 is 2.69 bits per heavy atom. The molecule has 3 heterocycles. The Hall–Kier alpha value is -3.42. The van der Waals surface area contributed by atoms with Crippen LogP contribution in [0.25, 0.3) is 0 Å². The number of thiophene rings is 1. The van der Waals surface area contributed by atoms with E-state index in [0.29, 0.717) is 35.4 Å². The summed E-state index contributed by atoms with van der Waals surface area (Å²) in [6, 6.07) is 8.40. The highest BCUT2D eigenvalue weighted by molar-refractivity contribution is 7.16. The first-order valence-electron chi connectivity index (χ1n) is 11.1. The molecule has 0 radical (unpaired) electrons. The van der Waals surface area contributed by atoms with E-state index in [1.54, 1.807) is 23.7 Å². The molecule has 7 heteroatoms. The molecule has 0 spiro atoms. The summed E-state index contributed by atoms with van der Waals surface area (Å²) >= 11 is 1.60. The third kappa shape index (κ3) is 3.13. The van der Waals surface area contributed by atoms with Gasteiger partial charge in [0.25, 0.3) is 0 Å². The van der Waals surface area contributed by atoms with Crippen LogP contribution in [0.5, 0.6) is 0 Å². The van der Waals surface area contributed by atoms with Crippen molar-refractivity contribution in [1.29, 1.82) is 10.5 Å². The summed E-state index contributed by atoms with van der Waals surface area (Å²) in [5.41, 5.74) is 11.0. The van der Waals surface area contributed by atoms with Gasteiger partial charge in [-0.3, -0.25) is 14.7 Å². The molecule has 6 nitrogen and oxygen atoms in total. The largest absolute Gasteiger partial charge is 0.384 e. The van der Waals surface area contributed by atoms with Crippen molar-refractivity contribution in [3.05, 3.63) is 68.8 Å². The molecule has 1 atom stereocenters. The van der Waals surface area contributed by atoms with Crippen LogP contribution in [0.2, 0.25) is 0 Å². The van der Waals surface area contributed by atoms with E-state index >= 15 is 0 Å². The zero-order valence-corrected chi connectivity index (χ0v) is 18.5. The number of rotatable bonds is 2. The lowest BCUT2D eigenvalue weighted by atomic mass is 9.76. The smallest absolute Gasteiger partial charge is 0.161 e. The van der Waals surface area contributed by atoms with Gasteiger partial charge in [-0.05, 0) is 55.7 Å². The molecule has 0 unspecified atom stereocenters. The Bertz CT molecular complexity index is 1240. The van der Waals surface area contributed by atoms with Gasteiger partial charge in [-0.2, -0.15) is 10.5 Å². The van der Waals surface area contributed by atoms with Crippen molar-refractivity contribution in [2.24, 2.45) is 5.73 Å². The Morgan fingerprint density at radius 1 is 1.09 bits per heavy atom. The van der Waals surface area contributed by atoms with Gasteiger partial charge in [-0.25, -0.2) is 0 Å². The Morgan fingerprint density at radius 2 is 1.94 bits per heavy atom. The fourth-order valence-corrected chi connectivity index (χ4v) is 6.58. The maximum atomic E-state index is 13.2. The quantitative estimate of drug-likeness (QED) is 0.683. The molecule has 5 rings (SSSR count). The van der Waals surface area contributed by atoms with Gasteiger partial charge in [-0.1, -0.05) is 12.5 Å². The molecule has 2 N–H and O–H groups in total. The molecule has 2 aromatic heterocycles. The van der Waals surface area contributed by atoms with Crippen LogP contribution in [0.3, 0.4) is 0 Å². The van der Waals surface area contributed by atoms with Crippen LogP contribution in [0.1, 0.15) is 66.0 Å². The van der Waals surface area contributed by atoms with E-state index < -0.39 is 5.92 Å². The minimum atomic E-state index is -0.518. The second kappa shape index (κ2) is 8.26. The molecule has 3 aliphatic rings. The summed E-state index contributed by atoms with van der Waals surface area (Å²) in [6.45, 7) is 0. The number of allylic oxidation sites excluding steroid dienone is 3. The predicted molar refractivity (Wildman–Crippen MR) is 122 cm³/mol. The third-order valence-corrected chi connectivity index (χ3v) is 7.93. The van der Waals surface area contributed by atoms with Crippen molar-refractivity contribution in [2.45, 2.75) is 57.3 Å². The average molecular weight is 442 g/mol. The van der Waals surface area contributed by atoms with Crippen molar-refractivity contribution in [2.75, 3.05) is 4.90 Å². The number of aromatic nitrogens is 1. The fourth-order valence-electron chi connectivity index (χ4n) is 5.20. The normalized spacial score (nSPS) is 20.9. The minimum absolute atomic E-state index is 0.0435. The standard InChI is InChI=1S/C25H23N5OS/c26-12-17-16-7-2-1-3-10-21(16)32-25(17)30-19-8-4-9-20(31)23(19)22(18(13-27)24(30)28)15-6-5-11-29-14-15/h5-6,11,14,22H,1-4,7-10,28H2/t22-/m0/s1. The number of carbonyl (C=O) groups is 1. The molecule has 0 saturated heterocycles. The molecule has 0 bridgehead atoms. The molecule has 1 aliphatic heterocycles. The van der Waals surface area contributed by atoms with Crippen LogP contribution >= 0.6 is 11.3 Å². The van der Waals surface area contributed by atoms with E-state index in [2.05, 4.69) is 17.1 Å². The third-order valence-electron chi connectivity index (χ3n) is 6.65. The van der Waals surface area contributed by atoms with E-state index in [0.717, 1.165) is 53.9 Å². The second-order valence-electron chi connectivity index (χ2n) is 8.46. The first-order chi connectivity index (χ1) is 15.7. The molecule has 0 amide bonds. The summed E-state index contributed by atoms with van der Waals surface area (Å²) in [5.74, 6) is -0.152. The van der Waals surface area contributed by atoms with Gasteiger partial charge in [0.15, 0.2) is 5.78 Å². The Kier molecular flexibility index (Phi) is 5.28. The zero-order chi connectivity index (χ0) is 22.2. The number of hydrogen-bond donors (Lipinski definition) is 1. The van der Waals surface area contributed by atoms with Crippen LogP contribution in [0.15, 0.2) is 47.2 Å². The van der Waals surface area contributed by atoms with E-state index in [1.165, 1.54) is 11.3 Å². The van der Waals surface area contributed by atoms with Gasteiger partial charge in [0.05, 0.1) is 23.1 Å². The topological polar surface area (TPSA) is 107 Å². The number of carbonyl (C=O) groups excluding carboxylic acids is 1. The summed E-state index contributed by atoms with van der Waals surface area (Å²) in [6.07, 6.45) is 10.4. The highest BCUT2D eigenvalue weighted by atomic mass is 32.1. The first kappa shape index (κ1) is 20.5. The molecule has 160 valence electrons. The van der Waals surface area contributed by atoms with Gasteiger partial charge >= 0.3 is 0 Å². The second-order valence-corrected chi connectivity index (χ2v) is 9.54. The number of nitrogens with zero attached hydrogens (tertiary/aromatic N) is 4. The van der Waals surface area contributed by atoms with E-state index in [9.17, 15) is 15.3 Å². The molecule has 0 fully saturated rings. The van der Waals surface area contributed by atoms with Crippen LogP contribution < -0.4 is 10.6 Å². The van der Waals surface area contributed by atoms with Crippen molar-refractivity contribution >= 4 is 22.1 Å². The van der Waals surface area contributed by atoms with Crippen LogP contribution in [-0.2, 0) is 17.6 Å². The summed E-state index contributed by atoms with van der Waals surface area (Å²) in [7, 11) is 0. The fraction of sp³-hybridized carbons (Fsp3) is 0.360. The van der Waals surface area contributed by atoms with Crippen LogP contribution in [-0.4, -0.2) is 10.8 Å². The molecule has 2 aliphatic carbocycles. The summed E-state index contributed by atoms with van der Waals surface area (Å²) < 4.78 is 0. The molecule has 0 aromatic carbocycles. The Balaban J connectivity index is 1.75. The van der Waals surface area contributed by atoms with Gasteiger partial charge in [-0.15, -0.1) is 11.3 Å². The monoisotopic (exact) mass is 441 g/mol. The molecule has 32 heavy (non-hydrogen) atoms. The highest BCUT2D eigenvalue weighted by Gasteiger charge is 2.41. The number of nitriles is 2. The van der Waals surface area contributed by atoms with Crippen molar-refractivity contribution in [3.8, 4) is 12.1 Å². The lowest BCUT2D eigenvalue weighted by Gasteiger charge is -2.39. The van der Waals surface area contributed by atoms with Gasteiger partial charge in [0.2, 0.25) is 0 Å². The summed E-state index contributed by atoms with van der Waals surface area (Å²) in [5, 5.41) is 21.0. The van der Waals surface area contributed by atoms with E-state index in [4.69, 9.17) is 5.73 Å². The number of pyridine rings is 1.